The summed E-state index contributed by atoms with van der Waals surface area (Å²) in [4.78, 5) is 14.6. The Kier molecular flexibility index (Phi) is 5.04. The van der Waals surface area contributed by atoms with Crippen molar-refractivity contribution in [2.45, 2.75) is 6.18 Å². The van der Waals surface area contributed by atoms with Crippen molar-refractivity contribution >= 4 is 28.6 Å². The summed E-state index contributed by atoms with van der Waals surface area (Å²) in [5.41, 5.74) is 0.209. The molecule has 0 aliphatic heterocycles. The van der Waals surface area contributed by atoms with Crippen LogP contribution in [-0.4, -0.2) is 19.7 Å². The molecule has 0 aliphatic carbocycles. The monoisotopic (exact) mass is 450 g/mol. The molecule has 0 aliphatic rings. The molecule has 0 fully saturated rings. The SMILES string of the molecule is O=[N+]([O-])c1cccc(-c2csc(-n3nc(-c4ccc(Cl)cc4)cc3C(F)(F)F)n2)c1. The molecule has 0 amide bonds. The summed E-state index contributed by atoms with van der Waals surface area (Å²) < 4.78 is 41.6. The Balaban J connectivity index is 1.78. The third kappa shape index (κ3) is 3.91. The van der Waals surface area contributed by atoms with E-state index in [4.69, 9.17) is 11.6 Å². The third-order valence-corrected chi connectivity index (χ3v) is 5.23. The highest BCUT2D eigenvalue weighted by molar-refractivity contribution is 7.12. The van der Waals surface area contributed by atoms with Crippen LogP contribution in [0.5, 0.6) is 0 Å². The third-order valence-electron chi connectivity index (χ3n) is 4.17. The lowest BCUT2D eigenvalue weighted by atomic mass is 10.1. The predicted octanol–water partition coefficient (Wildman–Crippen LogP) is 6.24. The largest absolute Gasteiger partial charge is 0.433 e. The first-order chi connectivity index (χ1) is 14.2. The van der Waals surface area contributed by atoms with E-state index < -0.39 is 16.8 Å². The number of aromatic nitrogens is 3. The summed E-state index contributed by atoms with van der Waals surface area (Å²) >= 11 is 6.79. The second kappa shape index (κ2) is 7.54. The van der Waals surface area contributed by atoms with Crippen LogP contribution in [0.2, 0.25) is 5.02 Å². The first-order valence-corrected chi connectivity index (χ1v) is 9.62. The highest BCUT2D eigenvalue weighted by Gasteiger charge is 2.37. The van der Waals surface area contributed by atoms with Gasteiger partial charge in [-0.1, -0.05) is 35.9 Å². The predicted molar refractivity (Wildman–Crippen MR) is 107 cm³/mol. The molecule has 0 N–H and O–H groups in total. The van der Waals surface area contributed by atoms with Gasteiger partial charge in [-0.2, -0.15) is 18.3 Å². The van der Waals surface area contributed by atoms with Gasteiger partial charge in [-0.15, -0.1) is 11.3 Å². The number of hydrogen-bond donors (Lipinski definition) is 0. The van der Waals surface area contributed by atoms with E-state index in [1.807, 2.05) is 0 Å². The fourth-order valence-electron chi connectivity index (χ4n) is 2.76. The van der Waals surface area contributed by atoms with Crippen LogP contribution in [0.3, 0.4) is 0 Å². The summed E-state index contributed by atoms with van der Waals surface area (Å²) in [6, 6.07) is 12.9. The number of nitro groups is 1. The minimum absolute atomic E-state index is 0.0101. The Morgan fingerprint density at radius 3 is 2.43 bits per heavy atom. The normalized spacial score (nSPS) is 11.6. The molecular weight excluding hydrogens is 441 g/mol. The number of alkyl halides is 3. The minimum atomic E-state index is -4.66. The lowest BCUT2D eigenvalue weighted by molar-refractivity contribution is -0.384. The van der Waals surface area contributed by atoms with E-state index in [2.05, 4.69) is 10.1 Å². The number of nitrogens with zero attached hydrogens (tertiary/aromatic N) is 4. The highest BCUT2D eigenvalue weighted by Crippen LogP contribution is 2.36. The van der Waals surface area contributed by atoms with Gasteiger partial charge in [0.15, 0.2) is 5.69 Å². The smallest absolute Gasteiger partial charge is 0.258 e. The molecule has 0 radical (unpaired) electrons. The molecule has 4 aromatic rings. The van der Waals surface area contributed by atoms with E-state index in [-0.39, 0.29) is 16.5 Å². The van der Waals surface area contributed by atoms with Gasteiger partial charge in [0.2, 0.25) is 5.13 Å². The van der Waals surface area contributed by atoms with E-state index >= 15 is 0 Å². The molecule has 0 spiro atoms. The van der Waals surface area contributed by atoms with E-state index in [9.17, 15) is 23.3 Å². The highest BCUT2D eigenvalue weighted by atomic mass is 35.5. The number of nitro benzene ring substituents is 1. The molecule has 2 aromatic carbocycles. The molecule has 0 saturated carbocycles. The van der Waals surface area contributed by atoms with Crippen molar-refractivity contribution in [1.82, 2.24) is 14.8 Å². The summed E-state index contributed by atoms with van der Waals surface area (Å²) in [5, 5.41) is 17.0. The topological polar surface area (TPSA) is 73.8 Å². The standard InChI is InChI=1S/C19H10ClF3N4O2S/c20-13-6-4-11(5-7-13)15-9-17(19(21,22)23)26(25-15)18-24-16(10-30-18)12-2-1-3-14(8-12)27(28)29/h1-10H. The van der Waals surface area contributed by atoms with Crippen molar-refractivity contribution < 1.29 is 18.1 Å². The lowest BCUT2D eigenvalue weighted by Gasteiger charge is -2.07. The molecule has 0 atom stereocenters. The molecule has 0 saturated heterocycles. The van der Waals surface area contributed by atoms with E-state index in [1.54, 1.807) is 30.3 Å². The van der Waals surface area contributed by atoms with Crippen molar-refractivity contribution in [3.8, 4) is 27.6 Å². The Hall–Kier alpha value is -3.24. The van der Waals surface area contributed by atoms with Crippen molar-refractivity contribution in [2.75, 3.05) is 0 Å². The van der Waals surface area contributed by atoms with Crippen molar-refractivity contribution in [1.29, 1.82) is 0 Å². The molecule has 6 nitrogen and oxygen atoms in total. The van der Waals surface area contributed by atoms with E-state index in [0.29, 0.717) is 21.8 Å². The van der Waals surface area contributed by atoms with Crippen LogP contribution >= 0.6 is 22.9 Å². The number of hydrogen-bond acceptors (Lipinski definition) is 5. The van der Waals surface area contributed by atoms with Crippen LogP contribution < -0.4 is 0 Å². The van der Waals surface area contributed by atoms with Gasteiger partial charge in [0.25, 0.3) is 5.69 Å². The molecule has 0 unspecified atom stereocenters. The second-order valence-electron chi connectivity index (χ2n) is 6.15. The van der Waals surface area contributed by atoms with Crippen LogP contribution in [0, 0.1) is 10.1 Å². The zero-order chi connectivity index (χ0) is 21.5. The first-order valence-electron chi connectivity index (χ1n) is 8.36. The number of benzene rings is 2. The van der Waals surface area contributed by atoms with E-state index in [0.717, 1.165) is 22.1 Å². The van der Waals surface area contributed by atoms with Gasteiger partial charge in [-0.3, -0.25) is 10.1 Å². The van der Waals surface area contributed by atoms with Gasteiger partial charge >= 0.3 is 6.18 Å². The molecule has 2 aromatic heterocycles. The Morgan fingerprint density at radius 1 is 1.03 bits per heavy atom. The number of thiazole rings is 1. The van der Waals surface area contributed by atoms with Crippen molar-refractivity contribution in [3.05, 3.63) is 80.8 Å². The fraction of sp³-hybridized carbons (Fsp3) is 0.0526. The molecule has 0 bridgehead atoms. The summed E-state index contributed by atoms with van der Waals surface area (Å²) in [6.45, 7) is 0. The van der Waals surface area contributed by atoms with Gasteiger partial charge in [0.05, 0.1) is 16.3 Å². The average Bonchev–Trinajstić information content (AvgIpc) is 3.36. The molecule has 2 heterocycles. The summed E-state index contributed by atoms with van der Waals surface area (Å²) in [5.74, 6) is 0. The average molecular weight is 451 g/mol. The van der Waals surface area contributed by atoms with Gasteiger partial charge in [0.1, 0.15) is 0 Å². The Bertz CT molecular complexity index is 1240. The lowest BCUT2D eigenvalue weighted by Crippen LogP contribution is -2.13. The molecule has 30 heavy (non-hydrogen) atoms. The van der Waals surface area contributed by atoms with Crippen LogP contribution in [0.4, 0.5) is 18.9 Å². The first kappa shape index (κ1) is 20.0. The zero-order valence-electron chi connectivity index (χ0n) is 14.8. The van der Waals surface area contributed by atoms with E-state index in [1.165, 1.54) is 23.6 Å². The zero-order valence-corrected chi connectivity index (χ0v) is 16.4. The maximum Gasteiger partial charge on any atom is 0.433 e. The maximum absolute atomic E-state index is 13.6. The summed E-state index contributed by atoms with van der Waals surface area (Å²) in [7, 11) is 0. The minimum Gasteiger partial charge on any atom is -0.258 e. The van der Waals surface area contributed by atoms with Crippen LogP contribution in [0.1, 0.15) is 5.69 Å². The van der Waals surface area contributed by atoms with Crippen LogP contribution in [-0.2, 0) is 6.18 Å². The molecule has 152 valence electrons. The Labute approximate surface area is 176 Å². The molecule has 4 rings (SSSR count). The van der Waals surface area contributed by atoms with Crippen molar-refractivity contribution in [2.24, 2.45) is 0 Å². The number of non-ortho nitro benzene ring substituents is 1. The van der Waals surface area contributed by atoms with Gasteiger partial charge in [-0.25, -0.2) is 9.67 Å². The Morgan fingerprint density at radius 2 is 1.77 bits per heavy atom. The number of halogens is 4. The summed E-state index contributed by atoms with van der Waals surface area (Å²) in [6.07, 6.45) is -4.66. The van der Waals surface area contributed by atoms with Crippen LogP contribution in [0.25, 0.3) is 27.6 Å². The van der Waals surface area contributed by atoms with Gasteiger partial charge in [-0.05, 0) is 18.2 Å². The molecular formula is C19H10ClF3N4O2S. The van der Waals surface area contributed by atoms with Gasteiger partial charge < -0.3 is 0 Å². The van der Waals surface area contributed by atoms with Gasteiger partial charge in [0, 0.05) is 33.7 Å². The second-order valence-corrected chi connectivity index (χ2v) is 7.43. The van der Waals surface area contributed by atoms with Crippen LogP contribution in [0.15, 0.2) is 60.0 Å². The fourth-order valence-corrected chi connectivity index (χ4v) is 3.69. The van der Waals surface area contributed by atoms with Crippen molar-refractivity contribution in [3.63, 3.8) is 0 Å². The number of rotatable bonds is 4. The molecule has 11 heteroatoms. The quantitative estimate of drug-likeness (QED) is 0.272. The maximum atomic E-state index is 13.6.